The highest BCUT2D eigenvalue weighted by Crippen LogP contribution is 2.36. The molecule has 0 spiro atoms. The molecule has 1 saturated heterocycles. The van der Waals surface area contributed by atoms with Crippen molar-refractivity contribution in [1.29, 1.82) is 0 Å². The molecule has 2 aromatic carbocycles. The highest BCUT2D eigenvalue weighted by atomic mass is 16.3. The maximum absolute atomic E-state index is 9.84. The van der Waals surface area contributed by atoms with E-state index in [4.69, 9.17) is 0 Å². The van der Waals surface area contributed by atoms with Crippen LogP contribution in [0.15, 0.2) is 54.6 Å². The largest absolute Gasteiger partial charge is 0.394 e. The summed E-state index contributed by atoms with van der Waals surface area (Å²) < 4.78 is 0. The maximum Gasteiger partial charge on any atom is 0.0641 e. The molecule has 0 aliphatic carbocycles. The van der Waals surface area contributed by atoms with Gasteiger partial charge in [-0.3, -0.25) is 0 Å². The van der Waals surface area contributed by atoms with Gasteiger partial charge in [-0.15, -0.1) is 0 Å². The molecule has 0 unspecified atom stereocenters. The van der Waals surface area contributed by atoms with E-state index in [9.17, 15) is 5.11 Å². The molecule has 20 heavy (non-hydrogen) atoms. The maximum atomic E-state index is 9.84. The van der Waals surface area contributed by atoms with Gasteiger partial charge in [0.25, 0.3) is 0 Å². The van der Waals surface area contributed by atoms with E-state index in [-0.39, 0.29) is 12.6 Å². The van der Waals surface area contributed by atoms with Crippen molar-refractivity contribution in [2.24, 2.45) is 0 Å². The predicted molar refractivity (Wildman–Crippen MR) is 83.2 cm³/mol. The number of aryl methyl sites for hydroxylation is 1. The lowest BCUT2D eigenvalue weighted by atomic mass is 9.92. The summed E-state index contributed by atoms with van der Waals surface area (Å²) in [6.07, 6.45) is 1.10. The SMILES string of the molecule is Cc1ccc(N2CC[C@@H](c3ccccc3)[C@@H]2CO)cc1. The molecule has 1 aliphatic rings. The Bertz CT molecular complexity index is 549. The predicted octanol–water partition coefficient (Wildman–Crippen LogP) is 3.35. The number of nitrogens with zero attached hydrogens (tertiary/aromatic N) is 1. The molecular weight excluding hydrogens is 246 g/mol. The second-order valence-electron chi connectivity index (χ2n) is 5.58. The lowest BCUT2D eigenvalue weighted by molar-refractivity contribution is 0.257. The molecule has 2 nitrogen and oxygen atoms in total. The molecule has 2 heteroatoms. The average Bonchev–Trinajstić information content (AvgIpc) is 2.93. The van der Waals surface area contributed by atoms with Crippen molar-refractivity contribution in [2.45, 2.75) is 25.3 Å². The first-order chi connectivity index (χ1) is 9.79. The highest BCUT2D eigenvalue weighted by molar-refractivity contribution is 5.51. The van der Waals surface area contributed by atoms with Crippen LogP contribution in [0.5, 0.6) is 0 Å². The normalized spacial score (nSPS) is 22.2. The minimum atomic E-state index is 0.181. The Morgan fingerprint density at radius 3 is 2.40 bits per heavy atom. The van der Waals surface area contributed by atoms with Crippen molar-refractivity contribution in [3.05, 3.63) is 65.7 Å². The van der Waals surface area contributed by atoms with Gasteiger partial charge >= 0.3 is 0 Å². The van der Waals surface area contributed by atoms with E-state index in [1.165, 1.54) is 16.8 Å². The van der Waals surface area contributed by atoms with Gasteiger partial charge in [0.05, 0.1) is 12.6 Å². The van der Waals surface area contributed by atoms with E-state index in [2.05, 4.69) is 60.4 Å². The molecule has 104 valence electrons. The zero-order chi connectivity index (χ0) is 13.9. The van der Waals surface area contributed by atoms with Gasteiger partial charge in [-0.05, 0) is 31.0 Å². The zero-order valence-electron chi connectivity index (χ0n) is 11.9. The Morgan fingerprint density at radius 1 is 1.05 bits per heavy atom. The summed E-state index contributed by atoms with van der Waals surface area (Å²) in [4.78, 5) is 2.34. The Kier molecular flexibility index (Phi) is 3.75. The van der Waals surface area contributed by atoms with Gasteiger partial charge in [0.1, 0.15) is 0 Å². The van der Waals surface area contributed by atoms with Crippen LogP contribution in [0, 0.1) is 6.92 Å². The van der Waals surface area contributed by atoms with E-state index in [1.54, 1.807) is 0 Å². The van der Waals surface area contributed by atoms with Crippen LogP contribution in [0.3, 0.4) is 0 Å². The fourth-order valence-corrected chi connectivity index (χ4v) is 3.23. The molecule has 2 aromatic rings. The number of aliphatic hydroxyl groups is 1. The summed E-state index contributed by atoms with van der Waals surface area (Å²) in [5.74, 6) is 0.419. The quantitative estimate of drug-likeness (QED) is 0.922. The van der Waals surface area contributed by atoms with Crippen LogP contribution in [-0.2, 0) is 0 Å². The molecule has 1 aliphatic heterocycles. The van der Waals surface area contributed by atoms with Crippen LogP contribution >= 0.6 is 0 Å². The summed E-state index contributed by atoms with van der Waals surface area (Å²) in [5.41, 5.74) is 3.82. The number of benzene rings is 2. The monoisotopic (exact) mass is 267 g/mol. The van der Waals surface area contributed by atoms with E-state index < -0.39 is 0 Å². The number of anilines is 1. The summed E-state index contributed by atoms with van der Waals surface area (Å²) >= 11 is 0. The van der Waals surface area contributed by atoms with Gasteiger partial charge in [-0.1, -0.05) is 48.0 Å². The molecule has 0 amide bonds. The van der Waals surface area contributed by atoms with Gasteiger partial charge in [0, 0.05) is 18.2 Å². The lowest BCUT2D eigenvalue weighted by Crippen LogP contribution is -2.35. The van der Waals surface area contributed by atoms with Crippen LogP contribution in [0.25, 0.3) is 0 Å². The molecular formula is C18H21NO. The molecule has 0 radical (unpaired) electrons. The summed E-state index contributed by atoms with van der Waals surface area (Å²) in [7, 11) is 0. The Hall–Kier alpha value is -1.80. The third-order valence-electron chi connectivity index (χ3n) is 4.33. The second-order valence-corrected chi connectivity index (χ2v) is 5.58. The lowest BCUT2D eigenvalue weighted by Gasteiger charge is -2.28. The van der Waals surface area contributed by atoms with E-state index in [0.717, 1.165) is 13.0 Å². The third-order valence-corrected chi connectivity index (χ3v) is 4.33. The van der Waals surface area contributed by atoms with Gasteiger partial charge in [0.2, 0.25) is 0 Å². The first-order valence-electron chi connectivity index (χ1n) is 7.28. The van der Waals surface area contributed by atoms with Crippen LogP contribution in [0.4, 0.5) is 5.69 Å². The van der Waals surface area contributed by atoms with Gasteiger partial charge in [-0.2, -0.15) is 0 Å². The fraction of sp³-hybridized carbons (Fsp3) is 0.333. The summed E-state index contributed by atoms with van der Waals surface area (Å²) in [6, 6.07) is 19.3. The molecule has 0 bridgehead atoms. The smallest absolute Gasteiger partial charge is 0.0641 e. The minimum absolute atomic E-state index is 0.181. The van der Waals surface area contributed by atoms with E-state index >= 15 is 0 Å². The van der Waals surface area contributed by atoms with Gasteiger partial charge in [-0.25, -0.2) is 0 Å². The summed E-state index contributed by atoms with van der Waals surface area (Å²) in [5, 5.41) is 9.84. The average molecular weight is 267 g/mol. The van der Waals surface area contributed by atoms with E-state index in [1.807, 2.05) is 6.07 Å². The van der Waals surface area contributed by atoms with Crippen LogP contribution in [-0.4, -0.2) is 24.3 Å². The van der Waals surface area contributed by atoms with E-state index in [0.29, 0.717) is 5.92 Å². The molecule has 0 aromatic heterocycles. The zero-order valence-corrected chi connectivity index (χ0v) is 11.9. The molecule has 1 heterocycles. The third kappa shape index (κ3) is 2.44. The van der Waals surface area contributed by atoms with Crippen LogP contribution in [0.2, 0.25) is 0 Å². The fourth-order valence-electron chi connectivity index (χ4n) is 3.23. The second kappa shape index (κ2) is 5.68. The van der Waals surface area contributed by atoms with Crippen molar-refractivity contribution in [2.75, 3.05) is 18.1 Å². The van der Waals surface area contributed by atoms with Crippen molar-refractivity contribution >= 4 is 5.69 Å². The first-order valence-corrected chi connectivity index (χ1v) is 7.28. The van der Waals surface area contributed by atoms with Crippen LogP contribution in [0.1, 0.15) is 23.5 Å². The number of rotatable bonds is 3. The number of hydrogen-bond acceptors (Lipinski definition) is 2. The molecule has 1 fully saturated rings. The highest BCUT2D eigenvalue weighted by Gasteiger charge is 2.34. The molecule has 1 N–H and O–H groups in total. The van der Waals surface area contributed by atoms with Crippen molar-refractivity contribution in [1.82, 2.24) is 0 Å². The molecule has 2 atom stereocenters. The van der Waals surface area contributed by atoms with Gasteiger partial charge in [0.15, 0.2) is 0 Å². The minimum Gasteiger partial charge on any atom is -0.394 e. The summed E-state index contributed by atoms with van der Waals surface area (Å²) in [6.45, 7) is 3.31. The number of aliphatic hydroxyl groups excluding tert-OH is 1. The molecule has 3 rings (SSSR count). The van der Waals surface area contributed by atoms with Crippen LogP contribution < -0.4 is 4.90 Å². The topological polar surface area (TPSA) is 23.5 Å². The van der Waals surface area contributed by atoms with Crippen molar-refractivity contribution in [3.8, 4) is 0 Å². The van der Waals surface area contributed by atoms with Crippen molar-refractivity contribution in [3.63, 3.8) is 0 Å². The Morgan fingerprint density at radius 2 is 1.75 bits per heavy atom. The van der Waals surface area contributed by atoms with Crippen molar-refractivity contribution < 1.29 is 5.11 Å². The Balaban J connectivity index is 1.86. The molecule has 0 saturated carbocycles. The Labute approximate surface area is 120 Å². The van der Waals surface area contributed by atoms with Gasteiger partial charge < -0.3 is 10.0 Å². The number of hydrogen-bond donors (Lipinski definition) is 1. The first kappa shape index (κ1) is 13.2. The standard InChI is InChI=1S/C18H21NO/c1-14-7-9-16(10-8-14)19-12-11-17(18(19)13-20)15-5-3-2-4-6-15/h2-10,17-18,20H,11-13H2,1H3/t17-,18-/m0/s1.